The SMILES string of the molecule is CS(=O)(=O)c1ccc2c(c1)CCN2c1cc(OC2CCN(C(=O)OC3CCNC3)CC2)ncn1. The lowest BCUT2D eigenvalue weighted by Gasteiger charge is -2.32. The number of benzene rings is 1. The fourth-order valence-corrected chi connectivity index (χ4v) is 5.33. The first kappa shape index (κ1) is 22.9. The van der Waals surface area contributed by atoms with Gasteiger partial charge in [-0.3, -0.25) is 0 Å². The van der Waals surface area contributed by atoms with Crippen LogP contribution in [0, 0.1) is 0 Å². The highest BCUT2D eigenvalue weighted by Crippen LogP contribution is 2.35. The molecule has 1 unspecified atom stereocenters. The summed E-state index contributed by atoms with van der Waals surface area (Å²) in [6.07, 6.45) is 5.40. The zero-order valence-electron chi connectivity index (χ0n) is 19.1. The van der Waals surface area contributed by atoms with E-state index in [1.54, 1.807) is 17.0 Å². The molecule has 1 N–H and O–H groups in total. The number of sulfone groups is 1. The van der Waals surface area contributed by atoms with Crippen LogP contribution in [0.2, 0.25) is 0 Å². The predicted octanol–water partition coefficient (Wildman–Crippen LogP) is 1.92. The van der Waals surface area contributed by atoms with Gasteiger partial charge < -0.3 is 24.6 Å². The topological polar surface area (TPSA) is 114 Å². The van der Waals surface area contributed by atoms with E-state index in [4.69, 9.17) is 9.47 Å². The highest BCUT2D eigenvalue weighted by atomic mass is 32.2. The van der Waals surface area contributed by atoms with Gasteiger partial charge in [-0.25, -0.2) is 23.2 Å². The van der Waals surface area contributed by atoms with E-state index in [1.807, 2.05) is 17.0 Å². The van der Waals surface area contributed by atoms with Gasteiger partial charge in [0.25, 0.3) is 0 Å². The maximum absolute atomic E-state index is 12.4. The molecule has 10 nitrogen and oxygen atoms in total. The molecule has 11 heteroatoms. The van der Waals surface area contributed by atoms with Crippen LogP contribution in [-0.2, 0) is 21.0 Å². The summed E-state index contributed by atoms with van der Waals surface area (Å²) >= 11 is 0. The lowest BCUT2D eigenvalue weighted by atomic mass is 10.1. The summed E-state index contributed by atoms with van der Waals surface area (Å²) in [7, 11) is -3.24. The Morgan fingerprint density at radius 2 is 1.91 bits per heavy atom. The van der Waals surface area contributed by atoms with Crippen LogP contribution < -0.4 is 15.0 Å². The third kappa shape index (κ3) is 4.95. The molecule has 1 aromatic heterocycles. The van der Waals surface area contributed by atoms with Gasteiger partial charge >= 0.3 is 6.09 Å². The molecule has 0 aliphatic carbocycles. The third-order valence-electron chi connectivity index (χ3n) is 6.55. The number of aromatic nitrogens is 2. The summed E-state index contributed by atoms with van der Waals surface area (Å²) in [4.78, 5) is 25.2. The lowest BCUT2D eigenvalue weighted by Crippen LogP contribution is -2.43. The van der Waals surface area contributed by atoms with Crippen molar-refractivity contribution < 1.29 is 22.7 Å². The van der Waals surface area contributed by atoms with E-state index in [1.165, 1.54) is 12.6 Å². The Morgan fingerprint density at radius 3 is 2.65 bits per heavy atom. The zero-order chi connectivity index (χ0) is 23.7. The van der Waals surface area contributed by atoms with E-state index < -0.39 is 9.84 Å². The van der Waals surface area contributed by atoms with Crippen molar-refractivity contribution in [1.82, 2.24) is 20.2 Å². The van der Waals surface area contributed by atoms with Crippen LogP contribution in [0.4, 0.5) is 16.3 Å². The Balaban J connectivity index is 1.20. The fraction of sp³-hybridized carbons (Fsp3) is 0.522. The van der Waals surface area contributed by atoms with Crippen LogP contribution in [0.1, 0.15) is 24.8 Å². The minimum Gasteiger partial charge on any atom is -0.474 e. The van der Waals surface area contributed by atoms with Crippen molar-refractivity contribution in [3.63, 3.8) is 0 Å². The first-order valence-electron chi connectivity index (χ1n) is 11.6. The second-order valence-corrected chi connectivity index (χ2v) is 11.0. The van der Waals surface area contributed by atoms with E-state index in [0.717, 1.165) is 37.2 Å². The first-order valence-corrected chi connectivity index (χ1v) is 13.5. The summed E-state index contributed by atoms with van der Waals surface area (Å²) in [5, 5.41) is 3.20. The number of fused-ring (bicyclic) bond motifs is 1. The molecule has 0 saturated carbocycles. The molecule has 34 heavy (non-hydrogen) atoms. The van der Waals surface area contributed by atoms with E-state index in [0.29, 0.717) is 49.1 Å². The second-order valence-electron chi connectivity index (χ2n) is 8.98. The molecular weight excluding hydrogens is 458 g/mol. The van der Waals surface area contributed by atoms with Crippen LogP contribution in [0.5, 0.6) is 5.88 Å². The molecule has 3 aliphatic heterocycles. The molecule has 2 saturated heterocycles. The van der Waals surface area contributed by atoms with Crippen LogP contribution in [0.15, 0.2) is 35.5 Å². The maximum atomic E-state index is 12.4. The van der Waals surface area contributed by atoms with E-state index in [9.17, 15) is 13.2 Å². The van der Waals surface area contributed by atoms with Gasteiger partial charge in [0, 0.05) is 57.0 Å². The van der Waals surface area contributed by atoms with Crippen molar-refractivity contribution >= 4 is 27.4 Å². The molecular formula is C23H29N5O5S. The average molecular weight is 488 g/mol. The molecule has 3 aliphatic rings. The van der Waals surface area contributed by atoms with Crippen molar-refractivity contribution in [2.24, 2.45) is 0 Å². The van der Waals surface area contributed by atoms with Crippen molar-refractivity contribution in [2.75, 3.05) is 43.9 Å². The number of hydrogen-bond donors (Lipinski definition) is 1. The van der Waals surface area contributed by atoms with E-state index >= 15 is 0 Å². The van der Waals surface area contributed by atoms with E-state index in [-0.39, 0.29) is 18.3 Å². The molecule has 1 atom stereocenters. The van der Waals surface area contributed by atoms with Crippen LogP contribution in [0.3, 0.4) is 0 Å². The van der Waals surface area contributed by atoms with Crippen molar-refractivity contribution in [3.05, 3.63) is 36.2 Å². The summed E-state index contributed by atoms with van der Waals surface area (Å²) < 4.78 is 35.4. The minimum absolute atomic E-state index is 0.0328. The highest BCUT2D eigenvalue weighted by Gasteiger charge is 2.28. The van der Waals surface area contributed by atoms with Gasteiger partial charge in [-0.15, -0.1) is 0 Å². The molecule has 1 amide bonds. The Kier molecular flexibility index (Phi) is 6.30. The molecule has 1 aromatic carbocycles. The monoisotopic (exact) mass is 487 g/mol. The van der Waals surface area contributed by atoms with Crippen LogP contribution in [0.25, 0.3) is 0 Å². The fourth-order valence-electron chi connectivity index (χ4n) is 4.66. The molecule has 2 aromatic rings. The largest absolute Gasteiger partial charge is 0.474 e. The smallest absolute Gasteiger partial charge is 0.410 e. The van der Waals surface area contributed by atoms with Crippen molar-refractivity contribution in [3.8, 4) is 5.88 Å². The first-order chi connectivity index (χ1) is 16.4. The lowest BCUT2D eigenvalue weighted by molar-refractivity contribution is 0.0465. The third-order valence-corrected chi connectivity index (χ3v) is 7.66. The van der Waals surface area contributed by atoms with Crippen LogP contribution >= 0.6 is 0 Å². The molecule has 4 heterocycles. The van der Waals surface area contributed by atoms with Gasteiger partial charge in [-0.05, 0) is 43.1 Å². The summed E-state index contributed by atoms with van der Waals surface area (Å²) in [6.45, 7) is 3.49. The average Bonchev–Trinajstić information content (AvgIpc) is 3.48. The normalized spacial score (nSPS) is 20.9. The van der Waals surface area contributed by atoms with Gasteiger partial charge in [0.15, 0.2) is 9.84 Å². The molecule has 2 fully saturated rings. The van der Waals surface area contributed by atoms with Crippen molar-refractivity contribution in [2.45, 2.75) is 42.8 Å². The maximum Gasteiger partial charge on any atom is 0.410 e. The number of likely N-dealkylation sites (tertiary alicyclic amines) is 1. The Labute approximate surface area is 199 Å². The van der Waals surface area contributed by atoms with Gasteiger partial charge in [0.05, 0.1) is 4.90 Å². The number of carbonyl (C=O) groups excluding carboxylic acids is 1. The van der Waals surface area contributed by atoms with Crippen LogP contribution in [-0.4, -0.2) is 80.6 Å². The number of carbonyl (C=O) groups is 1. The molecule has 0 radical (unpaired) electrons. The minimum atomic E-state index is -3.24. The number of rotatable bonds is 5. The quantitative estimate of drug-likeness (QED) is 0.675. The molecule has 182 valence electrons. The predicted molar refractivity (Wildman–Crippen MR) is 125 cm³/mol. The standard InChI is InChI=1S/C23H29N5O5S/c1-34(30,31)19-2-3-20-16(12-19)5-11-28(20)21-13-22(26-15-25-21)32-17-6-9-27(10-7-17)23(29)33-18-4-8-24-14-18/h2-3,12-13,15,17-18,24H,4-11,14H2,1H3. The molecule has 0 bridgehead atoms. The Morgan fingerprint density at radius 1 is 1.09 bits per heavy atom. The highest BCUT2D eigenvalue weighted by molar-refractivity contribution is 7.90. The van der Waals surface area contributed by atoms with Gasteiger partial charge in [-0.2, -0.15) is 0 Å². The van der Waals surface area contributed by atoms with Gasteiger partial charge in [0.1, 0.15) is 24.4 Å². The number of ether oxygens (including phenoxy) is 2. The molecule has 5 rings (SSSR count). The number of anilines is 2. The number of nitrogens with zero attached hydrogens (tertiary/aromatic N) is 4. The number of nitrogens with one attached hydrogen (secondary N) is 1. The summed E-state index contributed by atoms with van der Waals surface area (Å²) in [5.74, 6) is 1.20. The summed E-state index contributed by atoms with van der Waals surface area (Å²) in [5.41, 5.74) is 1.93. The zero-order valence-corrected chi connectivity index (χ0v) is 20.0. The number of hydrogen-bond acceptors (Lipinski definition) is 9. The Bertz CT molecular complexity index is 1160. The van der Waals surface area contributed by atoms with Gasteiger partial charge in [0.2, 0.25) is 5.88 Å². The molecule has 0 spiro atoms. The second kappa shape index (κ2) is 9.38. The number of piperidine rings is 1. The van der Waals surface area contributed by atoms with Gasteiger partial charge in [-0.1, -0.05) is 0 Å². The van der Waals surface area contributed by atoms with Crippen molar-refractivity contribution in [1.29, 1.82) is 0 Å². The Hall–Kier alpha value is -2.92. The summed E-state index contributed by atoms with van der Waals surface area (Å²) in [6, 6.07) is 7.02. The number of amides is 1. The van der Waals surface area contributed by atoms with E-state index in [2.05, 4.69) is 15.3 Å².